The molecule has 2 aliphatic carbocycles. The molecule has 12 aliphatic rings. The van der Waals surface area contributed by atoms with Gasteiger partial charge in [-0.15, -0.1) is 52.6 Å². The lowest BCUT2D eigenvalue weighted by Gasteiger charge is -2.40. The molecule has 0 N–H and O–H groups in total. The Morgan fingerprint density at radius 2 is 1.07 bits per heavy atom. The molecule has 22 heteroatoms. The van der Waals surface area contributed by atoms with Gasteiger partial charge in [-0.05, 0) is 112 Å². The molecule has 576 valence electrons. The Morgan fingerprint density at radius 3 is 1.55 bits per heavy atom. The first-order valence-corrected chi connectivity index (χ1v) is 37.0. The molecule has 1 aromatic heterocycles. The van der Waals surface area contributed by atoms with Crippen LogP contribution in [-0.4, -0.2) is 200 Å². The molecule has 15 rings (SSSR count). The van der Waals surface area contributed by atoms with Gasteiger partial charge in [-0.2, -0.15) is 0 Å². The van der Waals surface area contributed by atoms with E-state index in [9.17, 15) is 14.4 Å². The van der Waals surface area contributed by atoms with Crippen LogP contribution in [0.1, 0.15) is 83.3 Å². The number of hydrogen-bond donors (Lipinski definition) is 0. The Morgan fingerprint density at radius 1 is 0.529 bits per heavy atom. The maximum Gasteiger partial charge on any atom is 0.336 e. The first-order valence-electron chi connectivity index (χ1n) is 37.0. The maximum atomic E-state index is 12.3. The molecule has 11 unspecified atom stereocenters. The highest BCUT2D eigenvalue weighted by Gasteiger charge is 2.54. The number of rotatable bonds is 34. The number of ether oxygens (including phenoxy) is 16. The average Bonchev–Trinajstić information content (AvgIpc) is 1.68. The van der Waals surface area contributed by atoms with Crippen molar-refractivity contribution in [2.75, 3.05) is 126 Å². The zero-order valence-corrected chi connectivity index (χ0v) is 62.3. The van der Waals surface area contributed by atoms with E-state index in [-0.39, 0.29) is 37.4 Å². The Balaban J connectivity index is 0.000000166. The van der Waals surface area contributed by atoms with E-state index in [1.54, 1.807) is 18.2 Å². The lowest BCUT2D eigenvalue weighted by molar-refractivity contribution is -0.147. The van der Waals surface area contributed by atoms with Crippen LogP contribution in [0.15, 0.2) is 177 Å². The van der Waals surface area contributed by atoms with Crippen LogP contribution in [0, 0.1) is 22.7 Å². The second kappa shape index (κ2) is 45.1. The molecule has 3 aromatic rings. The Bertz CT molecular complexity index is 3210. The standard InChI is InChI=1S/C12H15N3O5.2C12H14O2.C9H16O2.C9H14O.C8H14O2.C8H12O.2C6H10O2/c1-2-3-13-10(16)14(4-8-6-19-8)12(18)15(11(13)17)5-9-7-20-9;1-2-5-10-6-3-4-7-12(10)14-9-11-8-13-11;1-2-3-10-4-6-11(7-5-10)13-8-12-9-14-12;1-3-5-10-6-9(4-2)7-11-8-9;1-3-7-4-5-9(2)8(6-7)10-9;1-3-8(5-9-4-2)6-10-7-8;1-2-6-3-4-7-8(5-6)9-7;1-2-3-8-6-4-7-5-6;1-2-3-7-4-6-5-8-6/h2,8-9H,1,3-7H2;2-4,6-7,11H,1,5,8-9H2;2,4-7,12H,1,3,8-9H2;3H,1,4-8H2,2H3;3,7-8H,1,4-6H2,2H3;4H,2-3,5-7H2,1H3;2,6-8H,1,3-5H2;2*2,6H,1,3-5H2. The van der Waals surface area contributed by atoms with E-state index in [0.29, 0.717) is 99.8 Å². The summed E-state index contributed by atoms with van der Waals surface area (Å²) in [6.07, 6.45) is 30.6. The second-order valence-electron chi connectivity index (χ2n) is 27.9. The fraction of sp³-hybridized carbons (Fsp3) is 0.598. The molecule has 0 radical (unpaired) electrons. The first-order chi connectivity index (χ1) is 50.6. The van der Waals surface area contributed by atoms with Gasteiger partial charge >= 0.3 is 17.1 Å². The minimum atomic E-state index is -0.622. The van der Waals surface area contributed by atoms with Crippen molar-refractivity contribution < 1.29 is 75.8 Å². The van der Waals surface area contributed by atoms with Gasteiger partial charge in [-0.3, -0.25) is 0 Å². The normalized spacial score (nSPS) is 26.5. The molecule has 11 heterocycles. The number of aromatic nitrogens is 3. The molecule has 10 saturated heterocycles. The first kappa shape index (κ1) is 84.6. The lowest BCUT2D eigenvalue weighted by Crippen LogP contribution is -2.55. The van der Waals surface area contributed by atoms with Crippen molar-refractivity contribution in [2.45, 2.75) is 165 Å². The van der Waals surface area contributed by atoms with E-state index in [4.69, 9.17) is 75.8 Å². The minimum absolute atomic E-state index is 0.0645. The van der Waals surface area contributed by atoms with E-state index in [1.807, 2.05) is 42.5 Å². The van der Waals surface area contributed by atoms with Crippen LogP contribution in [0.4, 0.5) is 0 Å². The van der Waals surface area contributed by atoms with Crippen molar-refractivity contribution in [3.8, 4) is 11.5 Å². The highest BCUT2D eigenvalue weighted by Crippen LogP contribution is 2.49. The number of hydrogen-bond acceptors (Lipinski definition) is 19. The third kappa shape index (κ3) is 30.7. The Labute approximate surface area is 616 Å². The summed E-state index contributed by atoms with van der Waals surface area (Å²) in [5.74, 6) is 3.32. The Hall–Kier alpha value is -6.61. The van der Waals surface area contributed by atoms with Gasteiger partial charge in [-0.25, -0.2) is 28.1 Å². The molecular weight excluding hydrogens is 1330 g/mol. The number of allylic oxidation sites excluding steroid dienone is 5. The summed E-state index contributed by atoms with van der Waals surface area (Å²) >= 11 is 0. The van der Waals surface area contributed by atoms with Gasteiger partial charge in [0.1, 0.15) is 49.1 Å². The van der Waals surface area contributed by atoms with Crippen molar-refractivity contribution in [3.63, 3.8) is 0 Å². The van der Waals surface area contributed by atoms with Gasteiger partial charge in [-0.1, -0.05) is 99.4 Å². The van der Waals surface area contributed by atoms with Gasteiger partial charge in [0.2, 0.25) is 0 Å². The number of nitrogens with zero attached hydrogens (tertiary/aromatic N) is 3. The van der Waals surface area contributed by atoms with Crippen LogP contribution in [0.2, 0.25) is 0 Å². The number of para-hydroxylation sites is 1. The van der Waals surface area contributed by atoms with E-state index in [1.165, 1.54) is 62.0 Å². The summed E-state index contributed by atoms with van der Waals surface area (Å²) in [4.78, 5) is 36.7. The summed E-state index contributed by atoms with van der Waals surface area (Å²) in [7, 11) is 0. The van der Waals surface area contributed by atoms with Gasteiger partial charge in [0, 0.05) is 5.41 Å². The van der Waals surface area contributed by atoms with Gasteiger partial charge in [0.05, 0.1) is 180 Å². The summed E-state index contributed by atoms with van der Waals surface area (Å²) in [5, 5.41) is 0. The van der Waals surface area contributed by atoms with Crippen LogP contribution in [-0.2, 0) is 98.8 Å². The minimum Gasteiger partial charge on any atom is -0.501 e. The molecule has 12 fully saturated rings. The average molecular weight is 1450 g/mol. The summed E-state index contributed by atoms with van der Waals surface area (Å²) in [5.41, 5.74) is 1.49. The molecule has 0 spiro atoms. The van der Waals surface area contributed by atoms with E-state index >= 15 is 0 Å². The SMILES string of the molecule is C=CC1CCC2(C)OC2C1.C=CC1CCC2OC2C1.C=CCOC1COC1.C=CCOCC1(CC)COC1.C=CCOCC1CO1.C=CCc1ccc(OCC2CO2)cc1.C=CCc1ccccc1OCC1CO1.C=CCn1c(=O)n(CC2CO2)c(=O)n(CC2CO2)c1=O.C=COCC1(CC)COC1. The van der Waals surface area contributed by atoms with Crippen molar-refractivity contribution in [2.24, 2.45) is 22.7 Å². The third-order valence-electron chi connectivity index (χ3n) is 19.1. The monoisotopic (exact) mass is 1450 g/mol. The largest absolute Gasteiger partial charge is 0.501 e. The molecule has 2 aromatic carbocycles. The second-order valence-corrected chi connectivity index (χ2v) is 27.9. The van der Waals surface area contributed by atoms with Crippen molar-refractivity contribution in [3.05, 3.63) is 205 Å². The molecule has 10 aliphatic heterocycles. The summed E-state index contributed by atoms with van der Waals surface area (Å²) in [6, 6.07) is 16.1. The topological polar surface area (TPSA) is 237 Å². The molecule has 2 saturated carbocycles. The van der Waals surface area contributed by atoms with Crippen molar-refractivity contribution in [1.29, 1.82) is 0 Å². The van der Waals surface area contributed by atoms with Gasteiger partial charge < -0.3 is 75.8 Å². The van der Waals surface area contributed by atoms with Crippen LogP contribution >= 0.6 is 0 Å². The van der Waals surface area contributed by atoms with Gasteiger partial charge in [0.15, 0.2) is 0 Å². The van der Waals surface area contributed by atoms with Crippen LogP contribution < -0.4 is 26.5 Å². The van der Waals surface area contributed by atoms with E-state index in [2.05, 4.69) is 110 Å². The lowest BCUT2D eigenvalue weighted by atomic mass is 9.83. The van der Waals surface area contributed by atoms with Crippen molar-refractivity contribution >= 4 is 0 Å². The highest BCUT2D eigenvalue weighted by molar-refractivity contribution is 5.34. The quantitative estimate of drug-likeness (QED) is 0.0234. The molecule has 0 amide bonds. The van der Waals surface area contributed by atoms with E-state index in [0.717, 1.165) is 142 Å². The maximum absolute atomic E-state index is 12.3. The molecule has 0 bridgehead atoms. The summed E-state index contributed by atoms with van der Waals surface area (Å²) in [6.45, 7) is 53.7. The van der Waals surface area contributed by atoms with Crippen LogP contribution in [0.3, 0.4) is 0 Å². The fourth-order valence-corrected chi connectivity index (χ4v) is 11.2. The zero-order chi connectivity index (χ0) is 74.6. The molecular formula is C82H119N3O19. The highest BCUT2D eigenvalue weighted by atomic mass is 16.6. The number of fused-ring (bicyclic) bond motifs is 2. The van der Waals surface area contributed by atoms with E-state index < -0.39 is 17.1 Å². The third-order valence-corrected chi connectivity index (χ3v) is 19.1. The molecule has 11 atom stereocenters. The van der Waals surface area contributed by atoms with Crippen LogP contribution in [0.25, 0.3) is 0 Å². The number of benzene rings is 2. The predicted octanol–water partition coefficient (Wildman–Crippen LogP) is 10.8. The Kier molecular flexibility index (Phi) is 36.7. The zero-order valence-electron chi connectivity index (χ0n) is 62.3. The fourth-order valence-electron chi connectivity index (χ4n) is 11.2. The van der Waals surface area contributed by atoms with Crippen molar-refractivity contribution in [1.82, 2.24) is 13.7 Å². The predicted molar refractivity (Wildman–Crippen MR) is 403 cm³/mol. The number of epoxide rings is 7. The van der Waals surface area contributed by atoms with Gasteiger partial charge in [0.25, 0.3) is 0 Å². The molecule has 22 nitrogen and oxygen atoms in total. The van der Waals surface area contributed by atoms with Crippen LogP contribution in [0.5, 0.6) is 11.5 Å². The molecule has 104 heavy (non-hydrogen) atoms. The summed E-state index contributed by atoms with van der Waals surface area (Å²) < 4.78 is 86.2. The smallest absolute Gasteiger partial charge is 0.336 e.